The van der Waals surface area contributed by atoms with Crippen molar-refractivity contribution in [2.45, 2.75) is 51.1 Å². The number of piperidine rings is 1. The van der Waals surface area contributed by atoms with E-state index in [-0.39, 0.29) is 0 Å². The number of hydrogen-bond acceptors (Lipinski definition) is 2. The third-order valence-corrected chi connectivity index (χ3v) is 4.45. The van der Waals surface area contributed by atoms with E-state index in [9.17, 15) is 0 Å². The van der Waals surface area contributed by atoms with Crippen molar-refractivity contribution in [3.05, 3.63) is 35.9 Å². The van der Waals surface area contributed by atoms with Gasteiger partial charge in [-0.1, -0.05) is 36.8 Å². The summed E-state index contributed by atoms with van der Waals surface area (Å²) in [6, 6.07) is 12.2. The Morgan fingerprint density at radius 1 is 1.26 bits per heavy atom. The van der Waals surface area contributed by atoms with Gasteiger partial charge in [-0.3, -0.25) is 4.90 Å². The maximum Gasteiger partial charge on any atom is 0.0246 e. The Morgan fingerprint density at radius 2 is 2.05 bits per heavy atom. The van der Waals surface area contributed by atoms with E-state index >= 15 is 0 Å². The largest absolute Gasteiger partial charge is 0.316 e. The zero-order valence-corrected chi connectivity index (χ0v) is 12.4. The Hall–Kier alpha value is -0.860. The Kier molecular flexibility index (Phi) is 5.87. The number of likely N-dealkylation sites (tertiary alicyclic amines) is 1. The van der Waals surface area contributed by atoms with Gasteiger partial charge in [-0.25, -0.2) is 0 Å². The van der Waals surface area contributed by atoms with Crippen molar-refractivity contribution < 1.29 is 0 Å². The molecule has 1 aromatic rings. The Labute approximate surface area is 118 Å². The van der Waals surface area contributed by atoms with Crippen molar-refractivity contribution in [1.29, 1.82) is 0 Å². The molecule has 1 heterocycles. The van der Waals surface area contributed by atoms with Gasteiger partial charge in [0.15, 0.2) is 0 Å². The van der Waals surface area contributed by atoms with Crippen molar-refractivity contribution in [3.8, 4) is 0 Å². The highest BCUT2D eigenvalue weighted by atomic mass is 15.2. The van der Waals surface area contributed by atoms with Crippen molar-refractivity contribution >= 4 is 0 Å². The smallest absolute Gasteiger partial charge is 0.0246 e. The number of rotatable bonds is 6. The predicted molar refractivity (Wildman–Crippen MR) is 82.5 cm³/mol. The number of benzene rings is 1. The number of aryl methyl sites for hydroxylation is 1. The second-order valence-electron chi connectivity index (χ2n) is 5.77. The molecule has 0 spiro atoms. The van der Waals surface area contributed by atoms with Crippen LogP contribution in [-0.2, 0) is 6.42 Å². The Morgan fingerprint density at radius 3 is 2.79 bits per heavy atom. The summed E-state index contributed by atoms with van der Waals surface area (Å²) in [6.45, 7) is 4.84. The van der Waals surface area contributed by atoms with Crippen LogP contribution in [0.15, 0.2) is 30.3 Å². The second-order valence-corrected chi connectivity index (χ2v) is 5.77. The molecule has 1 fully saturated rings. The summed E-state index contributed by atoms with van der Waals surface area (Å²) in [6.07, 6.45) is 6.60. The summed E-state index contributed by atoms with van der Waals surface area (Å²) in [5.74, 6) is 0. The normalized spacial score (nSPS) is 22.3. The van der Waals surface area contributed by atoms with Gasteiger partial charge in [-0.15, -0.1) is 0 Å². The molecule has 2 heteroatoms. The van der Waals surface area contributed by atoms with Gasteiger partial charge in [0, 0.05) is 12.1 Å². The van der Waals surface area contributed by atoms with Crippen LogP contribution in [0.5, 0.6) is 0 Å². The van der Waals surface area contributed by atoms with E-state index in [1.807, 2.05) is 0 Å². The Bertz CT molecular complexity index is 350. The minimum atomic E-state index is 0.608. The molecular weight excluding hydrogens is 232 g/mol. The van der Waals surface area contributed by atoms with Crippen LogP contribution in [-0.4, -0.2) is 37.1 Å². The fourth-order valence-electron chi connectivity index (χ4n) is 3.18. The molecule has 0 saturated carbocycles. The van der Waals surface area contributed by atoms with Gasteiger partial charge in [0.05, 0.1) is 0 Å². The maximum absolute atomic E-state index is 3.43. The van der Waals surface area contributed by atoms with Crippen LogP contribution in [0.2, 0.25) is 0 Å². The van der Waals surface area contributed by atoms with Crippen molar-refractivity contribution in [2.75, 3.05) is 20.1 Å². The average Bonchev–Trinajstić information content (AvgIpc) is 2.48. The molecule has 0 bridgehead atoms. The van der Waals surface area contributed by atoms with Crippen LogP contribution in [0.1, 0.15) is 38.2 Å². The molecule has 106 valence electrons. The van der Waals surface area contributed by atoms with Crippen LogP contribution in [0.3, 0.4) is 0 Å². The highest BCUT2D eigenvalue weighted by Gasteiger charge is 2.25. The predicted octanol–water partition coefficient (Wildman–Crippen LogP) is 3.08. The summed E-state index contributed by atoms with van der Waals surface area (Å²) in [7, 11) is 2.08. The topological polar surface area (TPSA) is 15.3 Å². The minimum absolute atomic E-state index is 0.608. The molecule has 2 nitrogen and oxygen atoms in total. The summed E-state index contributed by atoms with van der Waals surface area (Å²) >= 11 is 0. The molecule has 1 N–H and O–H groups in total. The van der Waals surface area contributed by atoms with Crippen LogP contribution in [0, 0.1) is 0 Å². The fourth-order valence-corrected chi connectivity index (χ4v) is 3.18. The van der Waals surface area contributed by atoms with Crippen LogP contribution in [0.25, 0.3) is 0 Å². The zero-order chi connectivity index (χ0) is 13.5. The van der Waals surface area contributed by atoms with Gasteiger partial charge >= 0.3 is 0 Å². The molecule has 1 aliphatic heterocycles. The number of nitrogens with zero attached hydrogens (tertiary/aromatic N) is 1. The van der Waals surface area contributed by atoms with Crippen LogP contribution in [0.4, 0.5) is 0 Å². The van der Waals surface area contributed by atoms with Gasteiger partial charge in [0.25, 0.3) is 0 Å². The van der Waals surface area contributed by atoms with E-state index in [4.69, 9.17) is 0 Å². The summed E-state index contributed by atoms with van der Waals surface area (Å²) in [5.41, 5.74) is 1.47. The first-order valence-corrected chi connectivity index (χ1v) is 7.76. The highest BCUT2D eigenvalue weighted by molar-refractivity contribution is 5.14. The first-order valence-electron chi connectivity index (χ1n) is 7.76. The van der Waals surface area contributed by atoms with E-state index < -0.39 is 0 Å². The van der Waals surface area contributed by atoms with Gasteiger partial charge < -0.3 is 5.32 Å². The summed E-state index contributed by atoms with van der Waals surface area (Å²) in [5, 5.41) is 3.43. The van der Waals surface area contributed by atoms with E-state index in [0.717, 1.165) is 6.04 Å². The lowest BCUT2D eigenvalue weighted by Gasteiger charge is -2.39. The van der Waals surface area contributed by atoms with Crippen molar-refractivity contribution in [3.63, 3.8) is 0 Å². The van der Waals surface area contributed by atoms with Gasteiger partial charge in [-0.2, -0.15) is 0 Å². The molecule has 2 rings (SSSR count). The highest BCUT2D eigenvalue weighted by Crippen LogP contribution is 2.20. The minimum Gasteiger partial charge on any atom is -0.316 e. The van der Waals surface area contributed by atoms with Gasteiger partial charge in [0.1, 0.15) is 0 Å². The zero-order valence-electron chi connectivity index (χ0n) is 12.4. The average molecular weight is 260 g/mol. The van der Waals surface area contributed by atoms with E-state index in [1.54, 1.807) is 0 Å². The third-order valence-electron chi connectivity index (χ3n) is 4.45. The molecule has 2 unspecified atom stereocenters. The lowest BCUT2D eigenvalue weighted by atomic mass is 9.96. The summed E-state index contributed by atoms with van der Waals surface area (Å²) in [4.78, 5) is 2.70. The number of hydrogen-bond donors (Lipinski definition) is 1. The maximum atomic E-state index is 3.43. The lowest BCUT2D eigenvalue weighted by molar-refractivity contribution is 0.120. The van der Waals surface area contributed by atoms with Crippen molar-refractivity contribution in [1.82, 2.24) is 10.2 Å². The Balaban J connectivity index is 1.79. The molecule has 1 aliphatic rings. The molecule has 1 saturated heterocycles. The molecule has 0 amide bonds. The van der Waals surface area contributed by atoms with E-state index in [2.05, 4.69) is 54.5 Å². The standard InChI is InChI=1S/C17H28N2/c1-15(18-2)17-12-6-7-13-19(17)14-8-11-16-9-4-3-5-10-16/h3-5,9-10,15,17-18H,6-8,11-14H2,1-2H3. The molecule has 0 radical (unpaired) electrons. The van der Waals surface area contributed by atoms with E-state index in [1.165, 1.54) is 50.8 Å². The number of nitrogens with one attached hydrogen (secondary N) is 1. The van der Waals surface area contributed by atoms with Gasteiger partial charge in [-0.05, 0) is 58.3 Å². The van der Waals surface area contributed by atoms with Crippen LogP contribution >= 0.6 is 0 Å². The molecule has 0 aromatic heterocycles. The summed E-state index contributed by atoms with van der Waals surface area (Å²) < 4.78 is 0. The molecule has 19 heavy (non-hydrogen) atoms. The van der Waals surface area contributed by atoms with E-state index in [0.29, 0.717) is 6.04 Å². The molecule has 0 aliphatic carbocycles. The second kappa shape index (κ2) is 7.66. The number of likely N-dealkylation sites (N-methyl/N-ethyl adjacent to an activating group) is 1. The molecule has 2 atom stereocenters. The monoisotopic (exact) mass is 260 g/mol. The van der Waals surface area contributed by atoms with Crippen LogP contribution < -0.4 is 5.32 Å². The lowest BCUT2D eigenvalue weighted by Crippen LogP contribution is -2.50. The van der Waals surface area contributed by atoms with Gasteiger partial charge in [0.2, 0.25) is 0 Å². The SMILES string of the molecule is CNC(C)C1CCCCN1CCCc1ccccc1. The third kappa shape index (κ3) is 4.32. The first-order chi connectivity index (χ1) is 9.31. The fraction of sp³-hybridized carbons (Fsp3) is 0.647. The molecule has 1 aromatic carbocycles. The quantitative estimate of drug-likeness (QED) is 0.845. The molecular formula is C17H28N2. The first kappa shape index (κ1) is 14.5. The van der Waals surface area contributed by atoms with Crippen molar-refractivity contribution in [2.24, 2.45) is 0 Å².